The molecule has 0 aliphatic heterocycles. The Balaban J connectivity index is 2.46. The van der Waals surface area contributed by atoms with Crippen LogP contribution in [0.2, 0.25) is 5.02 Å². The van der Waals surface area contributed by atoms with Gasteiger partial charge in [0.2, 0.25) is 0 Å². The number of anilines is 1. The van der Waals surface area contributed by atoms with E-state index >= 15 is 0 Å². The number of hydrogen-bond acceptors (Lipinski definition) is 6. The van der Waals surface area contributed by atoms with Gasteiger partial charge in [-0.2, -0.15) is 0 Å². The minimum absolute atomic E-state index is 0.0502. The molecule has 0 atom stereocenters. The van der Waals surface area contributed by atoms with Crippen molar-refractivity contribution in [3.8, 4) is 0 Å². The van der Waals surface area contributed by atoms with Crippen LogP contribution in [0.25, 0.3) is 0 Å². The molecule has 0 fully saturated rings. The lowest BCUT2D eigenvalue weighted by atomic mass is 10.2. The first-order chi connectivity index (χ1) is 11.1. The van der Waals surface area contributed by atoms with Crippen molar-refractivity contribution in [1.82, 2.24) is 0 Å². The Kier molecular flexibility index (Phi) is 4.71. The summed E-state index contributed by atoms with van der Waals surface area (Å²) in [7, 11) is -4.21. The van der Waals surface area contributed by atoms with E-state index in [1.807, 2.05) is 0 Å². The molecule has 0 aliphatic carbocycles. The van der Waals surface area contributed by atoms with Gasteiger partial charge in [0.25, 0.3) is 21.4 Å². The topological polar surface area (TPSA) is 132 Å². The van der Waals surface area contributed by atoms with Crippen molar-refractivity contribution in [2.75, 3.05) is 4.72 Å². The summed E-state index contributed by atoms with van der Waals surface area (Å²) in [5.74, 6) is 0. The molecule has 11 heteroatoms. The van der Waals surface area contributed by atoms with Gasteiger partial charge in [0, 0.05) is 23.8 Å². The minimum atomic E-state index is -4.21. The Hall–Kier alpha value is -2.72. The van der Waals surface area contributed by atoms with Crippen LogP contribution in [0, 0.1) is 27.2 Å². The molecule has 24 heavy (non-hydrogen) atoms. The molecule has 2 rings (SSSR count). The SMILES string of the molecule is Cc1ccc(S(=O)(=O)Nc2cc([N+](=O)[O-])ccc2Cl)cc1[N+](=O)[O-]. The lowest BCUT2D eigenvalue weighted by Gasteiger charge is -2.10. The van der Waals surface area contributed by atoms with E-state index in [-0.39, 0.29) is 27.0 Å². The first-order valence-corrected chi connectivity index (χ1v) is 8.20. The van der Waals surface area contributed by atoms with E-state index < -0.39 is 19.9 Å². The van der Waals surface area contributed by atoms with Gasteiger partial charge in [0.15, 0.2) is 0 Å². The summed E-state index contributed by atoms with van der Waals surface area (Å²) >= 11 is 5.84. The van der Waals surface area contributed by atoms with Crippen LogP contribution in [0.3, 0.4) is 0 Å². The van der Waals surface area contributed by atoms with Crippen LogP contribution in [0.1, 0.15) is 5.56 Å². The third-order valence-corrected chi connectivity index (χ3v) is 4.79. The average molecular weight is 372 g/mol. The zero-order valence-electron chi connectivity index (χ0n) is 12.1. The van der Waals surface area contributed by atoms with E-state index in [9.17, 15) is 28.6 Å². The maximum Gasteiger partial charge on any atom is 0.273 e. The summed E-state index contributed by atoms with van der Waals surface area (Å²) in [5.41, 5.74) is -0.614. The summed E-state index contributed by atoms with van der Waals surface area (Å²) < 4.78 is 26.8. The summed E-state index contributed by atoms with van der Waals surface area (Å²) in [6.07, 6.45) is 0. The van der Waals surface area contributed by atoms with Crippen molar-refractivity contribution in [1.29, 1.82) is 0 Å². The number of benzene rings is 2. The zero-order valence-corrected chi connectivity index (χ0v) is 13.7. The minimum Gasteiger partial charge on any atom is -0.278 e. The number of sulfonamides is 1. The number of halogens is 1. The normalized spacial score (nSPS) is 11.1. The molecule has 126 valence electrons. The highest BCUT2D eigenvalue weighted by molar-refractivity contribution is 7.92. The molecule has 0 saturated heterocycles. The molecule has 9 nitrogen and oxygen atoms in total. The van der Waals surface area contributed by atoms with E-state index in [0.717, 1.165) is 18.2 Å². The number of nitrogens with zero attached hydrogens (tertiary/aromatic N) is 2. The number of non-ortho nitro benzene ring substituents is 1. The largest absolute Gasteiger partial charge is 0.278 e. The van der Waals surface area contributed by atoms with Crippen LogP contribution in [-0.2, 0) is 10.0 Å². The predicted octanol–water partition coefficient (Wildman–Crippen LogP) is 3.27. The second-order valence-electron chi connectivity index (χ2n) is 4.73. The van der Waals surface area contributed by atoms with Gasteiger partial charge in [0.05, 0.1) is 25.5 Å². The third kappa shape index (κ3) is 3.60. The van der Waals surface area contributed by atoms with Gasteiger partial charge in [-0.05, 0) is 19.1 Å². The highest BCUT2D eigenvalue weighted by Crippen LogP contribution is 2.30. The van der Waals surface area contributed by atoms with Crippen LogP contribution >= 0.6 is 11.6 Å². The Morgan fingerprint density at radius 2 is 1.71 bits per heavy atom. The van der Waals surface area contributed by atoms with Gasteiger partial charge < -0.3 is 0 Å². The van der Waals surface area contributed by atoms with Gasteiger partial charge in [-0.3, -0.25) is 25.0 Å². The summed E-state index contributed by atoms with van der Waals surface area (Å²) in [6.45, 7) is 1.47. The predicted molar refractivity (Wildman–Crippen MR) is 86.7 cm³/mol. The maximum atomic E-state index is 12.4. The van der Waals surface area contributed by atoms with Gasteiger partial charge >= 0.3 is 0 Å². The zero-order chi connectivity index (χ0) is 18.1. The number of rotatable bonds is 5. The quantitative estimate of drug-likeness (QED) is 0.633. The molecule has 0 saturated carbocycles. The molecule has 0 aromatic heterocycles. The standard InChI is InChI=1S/C13H10ClN3O6S/c1-8-2-4-10(7-13(8)17(20)21)24(22,23)15-12-6-9(16(18)19)3-5-11(12)14/h2-7,15H,1H3. The van der Waals surface area contributed by atoms with E-state index in [1.165, 1.54) is 25.1 Å². The van der Waals surface area contributed by atoms with Crippen LogP contribution < -0.4 is 4.72 Å². The van der Waals surface area contributed by atoms with Gasteiger partial charge in [-0.25, -0.2) is 8.42 Å². The Bertz CT molecular complexity index is 945. The van der Waals surface area contributed by atoms with E-state index in [2.05, 4.69) is 4.72 Å². The molecule has 0 bridgehead atoms. The lowest BCUT2D eigenvalue weighted by molar-refractivity contribution is -0.385. The second-order valence-corrected chi connectivity index (χ2v) is 6.82. The Labute approximate surface area is 141 Å². The molecule has 1 N–H and O–H groups in total. The molecule has 0 radical (unpaired) electrons. The van der Waals surface area contributed by atoms with Gasteiger partial charge in [-0.1, -0.05) is 17.7 Å². The van der Waals surface area contributed by atoms with Crippen molar-refractivity contribution >= 4 is 38.7 Å². The Morgan fingerprint density at radius 1 is 1.04 bits per heavy atom. The number of hydrogen-bond donors (Lipinski definition) is 1. The Morgan fingerprint density at radius 3 is 2.29 bits per heavy atom. The number of nitrogens with one attached hydrogen (secondary N) is 1. The number of aryl methyl sites for hydroxylation is 1. The van der Waals surface area contributed by atoms with Crippen molar-refractivity contribution in [2.45, 2.75) is 11.8 Å². The molecule has 0 heterocycles. The molecule has 0 unspecified atom stereocenters. The highest BCUT2D eigenvalue weighted by atomic mass is 35.5. The van der Waals surface area contributed by atoms with Crippen LogP contribution in [0.4, 0.5) is 17.1 Å². The van der Waals surface area contributed by atoms with E-state index in [1.54, 1.807) is 0 Å². The van der Waals surface area contributed by atoms with Gasteiger partial charge in [0.1, 0.15) is 0 Å². The smallest absolute Gasteiger partial charge is 0.273 e. The molecule has 2 aromatic carbocycles. The van der Waals surface area contributed by atoms with Crippen molar-refractivity contribution in [3.05, 3.63) is 67.2 Å². The van der Waals surface area contributed by atoms with Crippen LogP contribution in [0.15, 0.2) is 41.3 Å². The highest BCUT2D eigenvalue weighted by Gasteiger charge is 2.21. The average Bonchev–Trinajstić information content (AvgIpc) is 2.49. The summed E-state index contributed by atoms with van der Waals surface area (Å²) in [6, 6.07) is 6.65. The van der Waals surface area contributed by atoms with Gasteiger partial charge in [-0.15, -0.1) is 0 Å². The lowest BCUT2D eigenvalue weighted by Crippen LogP contribution is -2.14. The van der Waals surface area contributed by atoms with E-state index in [4.69, 9.17) is 11.6 Å². The molecule has 2 aromatic rings. The number of nitro groups is 2. The summed E-state index contributed by atoms with van der Waals surface area (Å²) in [4.78, 5) is 19.9. The fourth-order valence-electron chi connectivity index (χ4n) is 1.86. The monoisotopic (exact) mass is 371 g/mol. The molecular weight excluding hydrogens is 362 g/mol. The fraction of sp³-hybridized carbons (Fsp3) is 0.0769. The van der Waals surface area contributed by atoms with E-state index in [0.29, 0.717) is 5.56 Å². The summed E-state index contributed by atoms with van der Waals surface area (Å²) in [5, 5.41) is 21.6. The molecule has 0 aliphatic rings. The van der Waals surface area contributed by atoms with Crippen molar-refractivity contribution < 1.29 is 18.3 Å². The fourth-order valence-corrected chi connectivity index (χ4v) is 3.17. The maximum absolute atomic E-state index is 12.4. The molecule has 0 amide bonds. The molecular formula is C13H10ClN3O6S. The van der Waals surface area contributed by atoms with Crippen molar-refractivity contribution in [3.63, 3.8) is 0 Å². The number of nitro benzene ring substituents is 2. The van der Waals surface area contributed by atoms with Crippen LogP contribution in [0.5, 0.6) is 0 Å². The first kappa shape index (κ1) is 17.6. The van der Waals surface area contributed by atoms with Crippen molar-refractivity contribution in [2.24, 2.45) is 0 Å². The first-order valence-electron chi connectivity index (χ1n) is 6.33. The molecule has 0 spiro atoms. The second kappa shape index (κ2) is 6.42. The third-order valence-electron chi connectivity index (χ3n) is 3.09. The van der Waals surface area contributed by atoms with Crippen LogP contribution in [-0.4, -0.2) is 18.3 Å².